The fourth-order valence-electron chi connectivity index (χ4n) is 1.90. The van der Waals surface area contributed by atoms with E-state index in [1.165, 1.54) is 14.0 Å². The maximum Gasteiger partial charge on any atom is 0.408 e. The number of carbonyl (C=O) groups excluding carboxylic acids is 3. The lowest BCUT2D eigenvalue weighted by Crippen LogP contribution is -2.45. The third-order valence-electron chi connectivity index (χ3n) is 2.98. The largest absolute Gasteiger partial charge is 0.467 e. The molecule has 126 valence electrons. The second kappa shape index (κ2) is 7.76. The first kappa shape index (κ1) is 18.7. The molecule has 1 atom stereocenters. The Labute approximate surface area is 136 Å². The van der Waals surface area contributed by atoms with Gasteiger partial charge in [0.2, 0.25) is 0 Å². The number of esters is 1. The highest BCUT2D eigenvalue weighted by Crippen LogP contribution is 2.10. The number of hydrogen-bond acceptors (Lipinski definition) is 5. The summed E-state index contributed by atoms with van der Waals surface area (Å²) in [5, 5.41) is 2.51. The molecule has 0 aromatic heterocycles. The van der Waals surface area contributed by atoms with Crippen LogP contribution in [0.2, 0.25) is 0 Å². The van der Waals surface area contributed by atoms with E-state index in [1.807, 2.05) is 0 Å². The zero-order chi connectivity index (χ0) is 17.6. The number of hydrogen-bond donors (Lipinski definition) is 1. The number of rotatable bonds is 5. The van der Waals surface area contributed by atoms with Crippen LogP contribution in [0.5, 0.6) is 0 Å². The first-order chi connectivity index (χ1) is 10.6. The molecule has 1 aromatic rings. The maximum absolute atomic E-state index is 11.8. The Morgan fingerprint density at radius 2 is 1.70 bits per heavy atom. The first-order valence-electron chi connectivity index (χ1n) is 7.29. The minimum Gasteiger partial charge on any atom is -0.467 e. The molecule has 1 aromatic carbocycles. The van der Waals surface area contributed by atoms with Gasteiger partial charge in [0.15, 0.2) is 5.78 Å². The lowest BCUT2D eigenvalue weighted by Gasteiger charge is -2.22. The molecule has 0 aliphatic heterocycles. The standard InChI is InChI=1S/C17H23NO5/c1-11(19)13-8-6-12(7-9-13)10-14(15(20)22-5)18-16(21)23-17(2,3)4/h6-9,14H,10H2,1-5H3,(H,18,21)/t14-/m0/s1. The van der Waals surface area contributed by atoms with Crippen LogP contribution < -0.4 is 5.32 Å². The monoisotopic (exact) mass is 321 g/mol. The number of ketones is 1. The predicted molar refractivity (Wildman–Crippen MR) is 85.3 cm³/mol. The van der Waals surface area contributed by atoms with Crippen LogP contribution in [0.1, 0.15) is 43.6 Å². The van der Waals surface area contributed by atoms with Crippen LogP contribution in [0, 0.1) is 0 Å². The molecule has 0 fully saturated rings. The molecular weight excluding hydrogens is 298 g/mol. The molecule has 6 nitrogen and oxygen atoms in total. The van der Waals surface area contributed by atoms with E-state index in [4.69, 9.17) is 9.47 Å². The van der Waals surface area contributed by atoms with Crippen molar-refractivity contribution in [3.8, 4) is 0 Å². The molecule has 0 saturated heterocycles. The van der Waals surface area contributed by atoms with Gasteiger partial charge >= 0.3 is 12.1 Å². The van der Waals surface area contributed by atoms with E-state index < -0.39 is 23.7 Å². The summed E-state index contributed by atoms with van der Waals surface area (Å²) >= 11 is 0. The number of carbonyl (C=O) groups is 3. The van der Waals surface area contributed by atoms with Gasteiger partial charge in [-0.15, -0.1) is 0 Å². The highest BCUT2D eigenvalue weighted by molar-refractivity contribution is 5.94. The SMILES string of the molecule is COC(=O)[C@H](Cc1ccc(C(C)=O)cc1)NC(=O)OC(C)(C)C. The molecule has 1 rings (SSSR count). The van der Waals surface area contributed by atoms with Crippen molar-refractivity contribution in [1.29, 1.82) is 0 Å². The van der Waals surface area contributed by atoms with E-state index in [-0.39, 0.29) is 12.2 Å². The molecule has 0 heterocycles. The van der Waals surface area contributed by atoms with E-state index in [1.54, 1.807) is 45.0 Å². The predicted octanol–water partition coefficient (Wildman–Crippen LogP) is 2.50. The van der Waals surface area contributed by atoms with Crippen molar-refractivity contribution >= 4 is 17.8 Å². The minimum absolute atomic E-state index is 0.0343. The number of nitrogens with one attached hydrogen (secondary N) is 1. The smallest absolute Gasteiger partial charge is 0.408 e. The Balaban J connectivity index is 2.80. The highest BCUT2D eigenvalue weighted by Gasteiger charge is 2.25. The Bertz CT molecular complexity index is 572. The zero-order valence-corrected chi connectivity index (χ0v) is 14.1. The first-order valence-corrected chi connectivity index (χ1v) is 7.29. The summed E-state index contributed by atoms with van der Waals surface area (Å²) in [4.78, 5) is 34.9. The second-order valence-corrected chi connectivity index (χ2v) is 6.18. The normalized spacial score (nSPS) is 12.2. The Kier molecular flexibility index (Phi) is 6.30. The molecule has 0 spiro atoms. The van der Waals surface area contributed by atoms with Crippen molar-refractivity contribution < 1.29 is 23.9 Å². The van der Waals surface area contributed by atoms with Gasteiger partial charge in [-0.2, -0.15) is 0 Å². The Morgan fingerprint density at radius 3 is 2.13 bits per heavy atom. The van der Waals surface area contributed by atoms with E-state index in [2.05, 4.69) is 5.32 Å². The summed E-state index contributed by atoms with van der Waals surface area (Å²) in [6, 6.07) is 5.98. The van der Waals surface area contributed by atoms with E-state index >= 15 is 0 Å². The number of benzene rings is 1. The van der Waals surface area contributed by atoms with Crippen LogP contribution in [-0.4, -0.2) is 36.6 Å². The molecule has 0 radical (unpaired) electrons. The van der Waals surface area contributed by atoms with E-state index in [0.29, 0.717) is 5.56 Å². The molecule has 23 heavy (non-hydrogen) atoms. The van der Waals surface area contributed by atoms with Crippen molar-refractivity contribution in [3.05, 3.63) is 35.4 Å². The lowest BCUT2D eigenvalue weighted by atomic mass is 10.0. The fourth-order valence-corrected chi connectivity index (χ4v) is 1.90. The number of Topliss-reactive ketones (excluding diaryl/α,β-unsaturated/α-hetero) is 1. The van der Waals surface area contributed by atoms with Crippen molar-refractivity contribution in [2.75, 3.05) is 7.11 Å². The number of ether oxygens (including phenoxy) is 2. The van der Waals surface area contributed by atoms with Gasteiger partial charge in [0.05, 0.1) is 7.11 Å². The van der Waals surface area contributed by atoms with Crippen LogP contribution in [-0.2, 0) is 20.7 Å². The minimum atomic E-state index is -0.863. The van der Waals surface area contributed by atoms with Crippen molar-refractivity contribution in [2.24, 2.45) is 0 Å². The average Bonchev–Trinajstić information content (AvgIpc) is 2.44. The summed E-state index contributed by atoms with van der Waals surface area (Å²) < 4.78 is 9.86. The molecule has 0 aliphatic carbocycles. The molecule has 0 unspecified atom stereocenters. The van der Waals surface area contributed by atoms with Crippen molar-refractivity contribution in [1.82, 2.24) is 5.32 Å². The summed E-state index contributed by atoms with van der Waals surface area (Å²) in [5.74, 6) is -0.598. The Morgan fingerprint density at radius 1 is 1.13 bits per heavy atom. The fraction of sp³-hybridized carbons (Fsp3) is 0.471. The van der Waals surface area contributed by atoms with Gasteiger partial charge in [-0.3, -0.25) is 4.79 Å². The van der Waals surface area contributed by atoms with Crippen LogP contribution >= 0.6 is 0 Å². The summed E-state index contributed by atoms with van der Waals surface area (Å²) in [5.41, 5.74) is 0.721. The highest BCUT2D eigenvalue weighted by atomic mass is 16.6. The van der Waals surface area contributed by atoms with Gasteiger partial charge < -0.3 is 14.8 Å². The van der Waals surface area contributed by atoms with Crippen LogP contribution in [0.4, 0.5) is 4.79 Å². The van der Waals surface area contributed by atoms with Crippen LogP contribution in [0.15, 0.2) is 24.3 Å². The average molecular weight is 321 g/mol. The van der Waals surface area contributed by atoms with Gasteiger partial charge in [0.25, 0.3) is 0 Å². The van der Waals surface area contributed by atoms with Crippen molar-refractivity contribution in [3.63, 3.8) is 0 Å². The Hall–Kier alpha value is -2.37. The van der Waals surface area contributed by atoms with Gasteiger partial charge in [-0.05, 0) is 33.3 Å². The molecular formula is C17H23NO5. The number of methoxy groups -OCH3 is 1. The lowest BCUT2D eigenvalue weighted by molar-refractivity contribution is -0.143. The zero-order valence-electron chi connectivity index (χ0n) is 14.1. The molecule has 6 heteroatoms. The topological polar surface area (TPSA) is 81.7 Å². The number of alkyl carbamates (subject to hydrolysis) is 1. The summed E-state index contributed by atoms with van der Waals surface area (Å²) in [7, 11) is 1.25. The molecule has 1 N–H and O–H groups in total. The van der Waals surface area contributed by atoms with Gasteiger partial charge in [-0.1, -0.05) is 24.3 Å². The van der Waals surface area contributed by atoms with Crippen LogP contribution in [0.3, 0.4) is 0 Å². The molecule has 0 bridgehead atoms. The maximum atomic E-state index is 11.8. The third-order valence-corrected chi connectivity index (χ3v) is 2.98. The quantitative estimate of drug-likeness (QED) is 0.665. The molecule has 0 aliphatic rings. The third kappa shape index (κ3) is 6.50. The van der Waals surface area contributed by atoms with Crippen LogP contribution in [0.25, 0.3) is 0 Å². The van der Waals surface area contributed by atoms with Gasteiger partial charge in [0.1, 0.15) is 11.6 Å². The molecule has 1 amide bonds. The van der Waals surface area contributed by atoms with Gasteiger partial charge in [0, 0.05) is 12.0 Å². The van der Waals surface area contributed by atoms with Gasteiger partial charge in [-0.25, -0.2) is 9.59 Å². The van der Waals surface area contributed by atoms with E-state index in [0.717, 1.165) is 5.56 Å². The summed E-state index contributed by atoms with van der Waals surface area (Å²) in [6.45, 7) is 6.69. The molecule has 0 saturated carbocycles. The summed E-state index contributed by atoms with van der Waals surface area (Å²) in [6.07, 6.45) is -0.447. The number of amides is 1. The second-order valence-electron chi connectivity index (χ2n) is 6.18. The van der Waals surface area contributed by atoms with Crippen molar-refractivity contribution in [2.45, 2.75) is 45.8 Å². The van der Waals surface area contributed by atoms with E-state index in [9.17, 15) is 14.4 Å².